The summed E-state index contributed by atoms with van der Waals surface area (Å²) in [5.74, 6) is 0.353. The van der Waals surface area contributed by atoms with E-state index in [1.54, 1.807) is 36.9 Å². The monoisotopic (exact) mass is 355 g/mol. The van der Waals surface area contributed by atoms with Gasteiger partial charge in [-0.15, -0.1) is 0 Å². The number of amides is 1. The maximum atomic E-state index is 12.9. The van der Waals surface area contributed by atoms with Gasteiger partial charge < -0.3 is 10.2 Å². The van der Waals surface area contributed by atoms with Crippen molar-refractivity contribution >= 4 is 34.0 Å². The van der Waals surface area contributed by atoms with Gasteiger partial charge in [0.05, 0.1) is 11.1 Å². The van der Waals surface area contributed by atoms with Crippen molar-refractivity contribution in [3.63, 3.8) is 0 Å². The van der Waals surface area contributed by atoms with E-state index in [0.717, 1.165) is 16.6 Å². The summed E-state index contributed by atoms with van der Waals surface area (Å²) in [6, 6.07) is 16.7. The van der Waals surface area contributed by atoms with Gasteiger partial charge in [0.15, 0.2) is 0 Å². The largest absolute Gasteiger partial charge is 0.329 e. The summed E-state index contributed by atoms with van der Waals surface area (Å²) in [4.78, 5) is 27.5. The highest BCUT2D eigenvalue weighted by molar-refractivity contribution is 6.08. The maximum absolute atomic E-state index is 12.9. The summed E-state index contributed by atoms with van der Waals surface area (Å²) < 4.78 is 0. The van der Waals surface area contributed by atoms with Crippen LogP contribution >= 0.6 is 0 Å². The summed E-state index contributed by atoms with van der Waals surface area (Å²) in [5, 5.41) is 3.92. The summed E-state index contributed by atoms with van der Waals surface area (Å²) in [6.07, 6.45) is 6.83. The lowest BCUT2D eigenvalue weighted by atomic mass is 10.1. The molecular formula is C21H17N5O. The molecule has 0 fully saturated rings. The fourth-order valence-corrected chi connectivity index (χ4v) is 2.88. The second kappa shape index (κ2) is 7.21. The zero-order chi connectivity index (χ0) is 18.6. The standard InChI is InChI=1S/C21H17N5O/c1-26(17-8-12-22-13-9-17)20-18(5-3-11-24-20)21(27)25-16-6-7-19-15(14-16)4-2-10-23-19/h2-14H,1H3,(H,25,27). The number of nitrogens with one attached hydrogen (secondary N) is 1. The second-order valence-electron chi connectivity index (χ2n) is 6.00. The second-order valence-corrected chi connectivity index (χ2v) is 6.00. The quantitative estimate of drug-likeness (QED) is 0.598. The Kier molecular flexibility index (Phi) is 4.45. The Labute approximate surface area is 156 Å². The molecule has 0 aliphatic rings. The first kappa shape index (κ1) is 16.7. The molecule has 6 heteroatoms. The Morgan fingerprint density at radius 1 is 0.926 bits per heavy atom. The molecule has 0 saturated heterocycles. The van der Waals surface area contributed by atoms with Crippen molar-refractivity contribution in [1.29, 1.82) is 0 Å². The number of rotatable bonds is 4. The topological polar surface area (TPSA) is 71.0 Å². The minimum absolute atomic E-state index is 0.220. The Morgan fingerprint density at radius 2 is 1.70 bits per heavy atom. The molecule has 0 aliphatic carbocycles. The van der Waals surface area contributed by atoms with Crippen molar-refractivity contribution in [2.24, 2.45) is 0 Å². The van der Waals surface area contributed by atoms with Crippen molar-refractivity contribution < 1.29 is 4.79 Å². The lowest BCUT2D eigenvalue weighted by Crippen LogP contribution is -2.19. The Hall–Kier alpha value is -3.80. The van der Waals surface area contributed by atoms with E-state index < -0.39 is 0 Å². The van der Waals surface area contributed by atoms with Gasteiger partial charge in [-0.25, -0.2) is 4.98 Å². The van der Waals surface area contributed by atoms with Gasteiger partial charge in [-0.05, 0) is 48.5 Å². The van der Waals surface area contributed by atoms with Gasteiger partial charge in [0, 0.05) is 48.6 Å². The molecule has 4 rings (SSSR count). The number of pyridine rings is 3. The van der Waals surface area contributed by atoms with Crippen molar-refractivity contribution in [3.8, 4) is 0 Å². The van der Waals surface area contributed by atoms with Crippen LogP contribution in [0.3, 0.4) is 0 Å². The van der Waals surface area contributed by atoms with E-state index in [4.69, 9.17) is 0 Å². The normalized spacial score (nSPS) is 10.6. The van der Waals surface area contributed by atoms with Crippen LogP contribution in [0.2, 0.25) is 0 Å². The van der Waals surface area contributed by atoms with Gasteiger partial charge in [0.1, 0.15) is 5.82 Å². The molecule has 6 nitrogen and oxygen atoms in total. The molecule has 0 radical (unpaired) electrons. The van der Waals surface area contributed by atoms with Crippen LogP contribution in [0.25, 0.3) is 10.9 Å². The third-order valence-corrected chi connectivity index (χ3v) is 4.26. The van der Waals surface area contributed by atoms with E-state index in [0.29, 0.717) is 17.1 Å². The molecule has 0 bridgehead atoms. The third-order valence-electron chi connectivity index (χ3n) is 4.26. The highest BCUT2D eigenvalue weighted by Crippen LogP contribution is 2.25. The number of fused-ring (bicyclic) bond motifs is 1. The molecule has 132 valence electrons. The highest BCUT2D eigenvalue weighted by Gasteiger charge is 2.17. The lowest BCUT2D eigenvalue weighted by molar-refractivity contribution is 0.102. The Bertz CT molecular complexity index is 1100. The van der Waals surface area contributed by atoms with Crippen molar-refractivity contribution in [2.75, 3.05) is 17.3 Å². The number of nitrogens with zero attached hydrogens (tertiary/aromatic N) is 4. The van der Waals surface area contributed by atoms with Crippen LogP contribution in [0, 0.1) is 0 Å². The smallest absolute Gasteiger partial charge is 0.259 e. The molecule has 0 spiro atoms. The van der Waals surface area contributed by atoms with Gasteiger partial charge in [-0.1, -0.05) is 6.07 Å². The number of anilines is 3. The van der Waals surface area contributed by atoms with Crippen molar-refractivity contribution in [3.05, 3.63) is 84.9 Å². The highest BCUT2D eigenvalue weighted by atomic mass is 16.1. The van der Waals surface area contributed by atoms with Crippen LogP contribution in [0.4, 0.5) is 17.2 Å². The third kappa shape index (κ3) is 3.46. The first-order valence-electron chi connectivity index (χ1n) is 8.47. The molecule has 27 heavy (non-hydrogen) atoms. The number of carbonyl (C=O) groups excluding carboxylic acids is 1. The molecule has 4 aromatic rings. The fraction of sp³-hybridized carbons (Fsp3) is 0.0476. The number of hydrogen-bond acceptors (Lipinski definition) is 5. The average Bonchev–Trinajstić information content (AvgIpc) is 2.73. The number of benzene rings is 1. The molecule has 0 aliphatic heterocycles. The molecule has 3 aromatic heterocycles. The zero-order valence-corrected chi connectivity index (χ0v) is 14.7. The minimum atomic E-state index is -0.220. The molecule has 0 unspecified atom stereocenters. The maximum Gasteiger partial charge on any atom is 0.259 e. The predicted molar refractivity (Wildman–Crippen MR) is 106 cm³/mol. The van der Waals surface area contributed by atoms with Gasteiger partial charge in [0.2, 0.25) is 0 Å². The van der Waals surface area contributed by atoms with E-state index in [9.17, 15) is 4.79 Å². The van der Waals surface area contributed by atoms with Gasteiger partial charge in [-0.2, -0.15) is 0 Å². The van der Waals surface area contributed by atoms with Crippen LogP contribution in [-0.4, -0.2) is 27.9 Å². The number of hydrogen-bond donors (Lipinski definition) is 1. The summed E-state index contributed by atoms with van der Waals surface area (Å²) >= 11 is 0. The molecule has 0 saturated carbocycles. The minimum Gasteiger partial charge on any atom is -0.329 e. The zero-order valence-electron chi connectivity index (χ0n) is 14.7. The van der Waals surface area contributed by atoms with E-state index >= 15 is 0 Å². The fourth-order valence-electron chi connectivity index (χ4n) is 2.88. The molecule has 1 amide bonds. The molecule has 0 atom stereocenters. The van der Waals surface area contributed by atoms with E-state index in [1.165, 1.54) is 0 Å². The summed E-state index contributed by atoms with van der Waals surface area (Å²) in [6.45, 7) is 0. The SMILES string of the molecule is CN(c1ccncc1)c1ncccc1C(=O)Nc1ccc2ncccc2c1. The first-order chi connectivity index (χ1) is 13.2. The number of aromatic nitrogens is 3. The predicted octanol–water partition coefficient (Wildman–Crippen LogP) is 4.05. The lowest BCUT2D eigenvalue weighted by Gasteiger charge is -2.20. The molecule has 1 aromatic carbocycles. The van der Waals surface area contributed by atoms with Gasteiger partial charge in [0.25, 0.3) is 5.91 Å². The van der Waals surface area contributed by atoms with Crippen molar-refractivity contribution in [2.45, 2.75) is 0 Å². The van der Waals surface area contributed by atoms with Crippen LogP contribution in [0.15, 0.2) is 79.4 Å². The van der Waals surface area contributed by atoms with Crippen LogP contribution in [0.5, 0.6) is 0 Å². The first-order valence-corrected chi connectivity index (χ1v) is 8.47. The van der Waals surface area contributed by atoms with E-state index in [1.807, 2.05) is 54.4 Å². The van der Waals surface area contributed by atoms with Crippen LogP contribution in [0.1, 0.15) is 10.4 Å². The molecule has 3 heterocycles. The Morgan fingerprint density at radius 3 is 2.56 bits per heavy atom. The molecule has 1 N–H and O–H groups in total. The van der Waals surface area contributed by atoms with Crippen molar-refractivity contribution in [1.82, 2.24) is 15.0 Å². The van der Waals surface area contributed by atoms with Gasteiger partial charge >= 0.3 is 0 Å². The average molecular weight is 355 g/mol. The number of carbonyl (C=O) groups is 1. The van der Waals surface area contributed by atoms with Gasteiger partial charge in [-0.3, -0.25) is 14.8 Å². The van der Waals surface area contributed by atoms with E-state index in [2.05, 4.69) is 20.3 Å². The Balaban J connectivity index is 1.64. The molecular weight excluding hydrogens is 338 g/mol. The summed E-state index contributed by atoms with van der Waals surface area (Å²) in [7, 11) is 1.87. The van der Waals surface area contributed by atoms with E-state index in [-0.39, 0.29) is 5.91 Å². The van der Waals surface area contributed by atoms with Crippen LogP contribution < -0.4 is 10.2 Å². The summed E-state index contributed by atoms with van der Waals surface area (Å²) in [5.41, 5.74) is 2.98. The van der Waals surface area contributed by atoms with Crippen LogP contribution in [-0.2, 0) is 0 Å².